The SMILES string of the molecule is CON=C(C)c1cc2c(cc1OC)CCC1C2CC[C@]2(C)C(=NOC)C[C@@H](CCC(=O)Nc3ncc(C)s3)C12. The van der Waals surface area contributed by atoms with Crippen LogP contribution in [-0.2, 0) is 20.9 Å². The zero-order valence-corrected chi connectivity index (χ0v) is 24.7. The van der Waals surface area contributed by atoms with Gasteiger partial charge >= 0.3 is 0 Å². The van der Waals surface area contributed by atoms with E-state index in [2.05, 4.69) is 39.7 Å². The van der Waals surface area contributed by atoms with Gasteiger partial charge < -0.3 is 19.7 Å². The van der Waals surface area contributed by atoms with Gasteiger partial charge in [0.15, 0.2) is 5.13 Å². The van der Waals surface area contributed by atoms with Gasteiger partial charge in [-0.15, -0.1) is 11.3 Å². The van der Waals surface area contributed by atoms with Gasteiger partial charge in [-0.25, -0.2) is 4.98 Å². The van der Waals surface area contributed by atoms with E-state index in [1.54, 1.807) is 27.5 Å². The number of rotatable bonds is 8. The number of nitrogens with zero attached hydrogens (tertiary/aromatic N) is 3. The summed E-state index contributed by atoms with van der Waals surface area (Å²) in [6.07, 6.45) is 8.33. The molecule has 3 aliphatic carbocycles. The predicted octanol–water partition coefficient (Wildman–Crippen LogP) is 6.33. The molecule has 3 unspecified atom stereocenters. The van der Waals surface area contributed by atoms with Crippen molar-refractivity contribution in [2.45, 2.75) is 71.6 Å². The number of methoxy groups -OCH3 is 1. The maximum absolute atomic E-state index is 12.9. The van der Waals surface area contributed by atoms with Crippen molar-refractivity contribution >= 4 is 33.8 Å². The topological polar surface area (TPSA) is 94.4 Å². The third-order valence-electron chi connectivity index (χ3n) is 9.35. The van der Waals surface area contributed by atoms with Crippen LogP contribution in [0.15, 0.2) is 28.6 Å². The summed E-state index contributed by atoms with van der Waals surface area (Å²) < 4.78 is 5.75. The van der Waals surface area contributed by atoms with Gasteiger partial charge in [-0.1, -0.05) is 17.2 Å². The number of aromatic nitrogens is 1. The first kappa shape index (κ1) is 27.6. The lowest BCUT2D eigenvalue weighted by molar-refractivity contribution is -0.116. The molecule has 9 heteroatoms. The van der Waals surface area contributed by atoms with Crippen LogP contribution in [0.2, 0.25) is 0 Å². The number of amides is 1. The molecule has 2 saturated carbocycles. The second-order valence-corrected chi connectivity index (χ2v) is 12.7. The van der Waals surface area contributed by atoms with E-state index in [-0.39, 0.29) is 11.3 Å². The Morgan fingerprint density at radius 3 is 2.74 bits per heavy atom. The van der Waals surface area contributed by atoms with Gasteiger partial charge in [-0.05, 0) is 99.3 Å². The molecule has 1 aromatic carbocycles. The largest absolute Gasteiger partial charge is 0.496 e. The molecule has 0 spiro atoms. The fourth-order valence-electron chi connectivity index (χ4n) is 7.75. The fraction of sp³-hybridized carbons (Fsp3) is 0.600. The molecular weight excluding hydrogens is 512 g/mol. The zero-order valence-electron chi connectivity index (χ0n) is 23.9. The Morgan fingerprint density at radius 1 is 1.23 bits per heavy atom. The number of fused-ring (bicyclic) bond motifs is 5. The molecule has 5 rings (SSSR count). The van der Waals surface area contributed by atoms with E-state index < -0.39 is 0 Å². The summed E-state index contributed by atoms with van der Waals surface area (Å²) in [5.41, 5.74) is 5.76. The van der Waals surface area contributed by atoms with Crippen LogP contribution >= 0.6 is 11.3 Å². The molecule has 210 valence electrons. The van der Waals surface area contributed by atoms with E-state index in [4.69, 9.17) is 14.4 Å². The minimum atomic E-state index is -0.00896. The monoisotopic (exact) mass is 552 g/mol. The number of nitrogens with one attached hydrogen (secondary N) is 1. The van der Waals surface area contributed by atoms with Crippen molar-refractivity contribution in [1.82, 2.24) is 4.98 Å². The number of oxime groups is 2. The quantitative estimate of drug-likeness (QED) is 0.305. The van der Waals surface area contributed by atoms with Crippen LogP contribution in [0.5, 0.6) is 5.75 Å². The number of benzene rings is 1. The van der Waals surface area contributed by atoms with Gasteiger partial charge in [0, 0.05) is 28.5 Å². The van der Waals surface area contributed by atoms with Crippen molar-refractivity contribution in [1.29, 1.82) is 0 Å². The molecule has 5 atom stereocenters. The molecule has 2 aromatic rings. The van der Waals surface area contributed by atoms with Crippen molar-refractivity contribution < 1.29 is 19.2 Å². The van der Waals surface area contributed by atoms with E-state index in [1.807, 2.05) is 13.8 Å². The fourth-order valence-corrected chi connectivity index (χ4v) is 8.43. The number of carbonyl (C=O) groups excluding carboxylic acids is 1. The molecule has 1 N–H and O–H groups in total. The van der Waals surface area contributed by atoms with E-state index in [0.717, 1.165) is 60.4 Å². The third-order valence-corrected chi connectivity index (χ3v) is 10.2. The Hall–Kier alpha value is -2.94. The van der Waals surface area contributed by atoms with Crippen molar-refractivity contribution in [3.05, 3.63) is 39.9 Å². The summed E-state index contributed by atoms with van der Waals surface area (Å²) in [4.78, 5) is 28.7. The molecule has 0 bridgehead atoms. The van der Waals surface area contributed by atoms with Crippen molar-refractivity contribution in [2.24, 2.45) is 33.5 Å². The number of hydrogen-bond acceptors (Lipinski definition) is 8. The van der Waals surface area contributed by atoms with Crippen molar-refractivity contribution in [2.75, 3.05) is 26.6 Å². The van der Waals surface area contributed by atoms with Crippen molar-refractivity contribution in [3.8, 4) is 5.75 Å². The highest BCUT2D eigenvalue weighted by Gasteiger charge is 2.57. The molecule has 8 nitrogen and oxygen atoms in total. The minimum absolute atomic E-state index is 0.00896. The molecule has 3 aliphatic rings. The van der Waals surface area contributed by atoms with Crippen LogP contribution in [0.1, 0.15) is 79.9 Å². The number of hydrogen-bond donors (Lipinski definition) is 1. The van der Waals surface area contributed by atoms with Crippen LogP contribution in [0, 0.1) is 30.1 Å². The number of carbonyl (C=O) groups is 1. The third kappa shape index (κ3) is 5.17. The normalized spacial score (nSPS) is 28.9. The lowest BCUT2D eigenvalue weighted by Crippen LogP contribution is -2.44. The average Bonchev–Trinajstić information content (AvgIpc) is 3.46. The highest BCUT2D eigenvalue weighted by Crippen LogP contribution is 2.62. The first-order valence-electron chi connectivity index (χ1n) is 13.9. The van der Waals surface area contributed by atoms with Gasteiger partial charge in [0.25, 0.3) is 0 Å². The number of anilines is 1. The van der Waals surface area contributed by atoms with E-state index in [9.17, 15) is 4.79 Å². The van der Waals surface area contributed by atoms with Crippen LogP contribution in [0.3, 0.4) is 0 Å². The summed E-state index contributed by atoms with van der Waals surface area (Å²) in [6.45, 7) is 6.34. The molecule has 39 heavy (non-hydrogen) atoms. The standard InChI is InChI=1S/C30H40N4O4S/c1-17-16-31-29(39-17)32-27(35)10-8-20-14-26(34-38-6)30(3)12-11-21-22(28(20)30)9-7-19-13-25(36-4)23(15-24(19)21)18(2)33-37-5/h13,15-16,20-22,28H,7-12,14H2,1-6H3,(H,31,32,35)/t20-,21?,22?,28?,30-/m1/s1. The highest BCUT2D eigenvalue weighted by atomic mass is 32.1. The van der Waals surface area contributed by atoms with Gasteiger partial charge in [-0.3, -0.25) is 4.79 Å². The van der Waals surface area contributed by atoms with Crippen molar-refractivity contribution in [3.63, 3.8) is 0 Å². The lowest BCUT2D eigenvalue weighted by atomic mass is 9.53. The molecule has 0 aliphatic heterocycles. The minimum Gasteiger partial charge on any atom is -0.496 e. The summed E-state index contributed by atoms with van der Waals surface area (Å²) in [5, 5.41) is 12.4. The maximum atomic E-state index is 12.9. The highest BCUT2D eigenvalue weighted by molar-refractivity contribution is 7.15. The summed E-state index contributed by atoms with van der Waals surface area (Å²) in [6, 6.07) is 4.50. The second kappa shape index (κ2) is 11.3. The lowest BCUT2D eigenvalue weighted by Gasteiger charge is -2.50. The molecule has 0 radical (unpaired) electrons. The Bertz CT molecular complexity index is 1290. The summed E-state index contributed by atoms with van der Waals surface area (Å²) in [5.74, 6) is 2.71. The Morgan fingerprint density at radius 2 is 2.05 bits per heavy atom. The summed E-state index contributed by atoms with van der Waals surface area (Å²) in [7, 11) is 4.93. The predicted molar refractivity (Wildman–Crippen MR) is 155 cm³/mol. The van der Waals surface area contributed by atoms with E-state index in [1.165, 1.54) is 28.2 Å². The van der Waals surface area contributed by atoms with Crippen LogP contribution in [-0.4, -0.2) is 43.6 Å². The Kier molecular flexibility index (Phi) is 7.99. The summed E-state index contributed by atoms with van der Waals surface area (Å²) >= 11 is 1.51. The van der Waals surface area contributed by atoms with Crippen LogP contribution in [0.4, 0.5) is 5.13 Å². The molecule has 1 aromatic heterocycles. The number of thiazole rings is 1. The van der Waals surface area contributed by atoms with Crippen LogP contribution < -0.4 is 10.1 Å². The first-order chi connectivity index (χ1) is 18.8. The van der Waals surface area contributed by atoms with Gasteiger partial charge in [-0.2, -0.15) is 0 Å². The molecular formula is C30H40N4O4S. The molecule has 2 fully saturated rings. The average molecular weight is 553 g/mol. The van der Waals surface area contributed by atoms with Gasteiger partial charge in [0.2, 0.25) is 5.91 Å². The van der Waals surface area contributed by atoms with Gasteiger partial charge in [0.05, 0.1) is 18.5 Å². The maximum Gasteiger partial charge on any atom is 0.226 e. The van der Waals surface area contributed by atoms with E-state index >= 15 is 0 Å². The second-order valence-electron chi connectivity index (χ2n) is 11.4. The zero-order chi connectivity index (χ0) is 27.7. The Balaban J connectivity index is 1.43. The molecule has 0 saturated heterocycles. The van der Waals surface area contributed by atoms with E-state index in [0.29, 0.717) is 35.2 Å². The molecule has 1 heterocycles. The van der Waals surface area contributed by atoms with Gasteiger partial charge in [0.1, 0.15) is 20.0 Å². The number of aryl methyl sites for hydroxylation is 2. The molecule has 1 amide bonds. The Labute approximate surface area is 235 Å². The van der Waals surface area contributed by atoms with Crippen LogP contribution in [0.25, 0.3) is 0 Å². The first-order valence-corrected chi connectivity index (χ1v) is 14.7. The smallest absolute Gasteiger partial charge is 0.226 e. The number of ether oxygens (including phenoxy) is 1.